The molecule has 2 aromatic rings. The monoisotopic (exact) mass is 317 g/mol. The Kier molecular flexibility index (Phi) is 5.67. The number of rotatable bonds is 7. The quantitative estimate of drug-likeness (QED) is 0.803. The molecule has 0 fully saturated rings. The van der Waals surface area contributed by atoms with Crippen LogP contribution in [-0.4, -0.2) is 25.4 Å². The topological polar surface area (TPSA) is 92.7 Å². The Bertz CT molecular complexity index is 706. The number of carbonyl (C=O) groups excluding carboxylic acids is 1. The number of hydrogen-bond acceptors (Lipinski definition) is 4. The van der Waals surface area contributed by atoms with Crippen LogP contribution in [0.2, 0.25) is 0 Å². The smallest absolute Gasteiger partial charge is 0.345 e. The number of aromatic nitrogens is 4. The first-order chi connectivity index (χ1) is 11.0. The Hall–Kier alpha value is -2.44. The van der Waals surface area contributed by atoms with E-state index in [0.717, 1.165) is 30.0 Å². The van der Waals surface area contributed by atoms with E-state index in [1.165, 1.54) is 0 Å². The van der Waals surface area contributed by atoms with Crippen molar-refractivity contribution in [3.05, 3.63) is 45.7 Å². The molecule has 2 N–H and O–H groups in total. The first-order valence-corrected chi connectivity index (χ1v) is 7.84. The predicted molar refractivity (Wildman–Crippen MR) is 87.0 cm³/mol. The summed E-state index contributed by atoms with van der Waals surface area (Å²) in [6.07, 6.45) is 5.59. The van der Waals surface area contributed by atoms with Gasteiger partial charge in [0.1, 0.15) is 5.82 Å². The molecule has 0 saturated carbocycles. The Balaban J connectivity index is 1.88. The second-order valence-corrected chi connectivity index (χ2v) is 5.54. The van der Waals surface area contributed by atoms with E-state index in [0.29, 0.717) is 25.1 Å². The minimum Gasteiger partial charge on any atom is -0.349 e. The molecule has 2 rings (SSSR count). The molecule has 0 unspecified atom stereocenters. The Labute approximate surface area is 135 Å². The molecular weight excluding hydrogens is 294 g/mol. The molecule has 0 aliphatic carbocycles. The van der Waals surface area contributed by atoms with Gasteiger partial charge in [0.2, 0.25) is 5.91 Å². The van der Waals surface area contributed by atoms with Crippen LogP contribution in [0, 0.1) is 13.8 Å². The first kappa shape index (κ1) is 16.9. The van der Waals surface area contributed by atoms with Crippen molar-refractivity contribution in [3.63, 3.8) is 0 Å². The highest BCUT2D eigenvalue weighted by molar-refractivity contribution is 5.76. The number of nitrogens with zero attached hydrogens (tertiary/aromatic N) is 3. The van der Waals surface area contributed by atoms with Crippen molar-refractivity contribution in [1.29, 1.82) is 0 Å². The molecular formula is C16H23N5O2. The Morgan fingerprint density at radius 1 is 1.39 bits per heavy atom. The van der Waals surface area contributed by atoms with E-state index >= 15 is 0 Å². The van der Waals surface area contributed by atoms with Crippen LogP contribution < -0.4 is 11.0 Å². The van der Waals surface area contributed by atoms with Crippen molar-refractivity contribution in [2.24, 2.45) is 0 Å². The summed E-state index contributed by atoms with van der Waals surface area (Å²) in [5.41, 5.74) is 2.02. The number of amides is 1. The fourth-order valence-corrected chi connectivity index (χ4v) is 2.58. The summed E-state index contributed by atoms with van der Waals surface area (Å²) in [4.78, 5) is 34.1. The van der Waals surface area contributed by atoms with E-state index in [4.69, 9.17) is 0 Å². The number of nitrogens with one attached hydrogen (secondary N) is 2. The number of carbonyl (C=O) groups is 1. The van der Waals surface area contributed by atoms with E-state index in [9.17, 15) is 9.59 Å². The summed E-state index contributed by atoms with van der Waals surface area (Å²) in [7, 11) is 0. The first-order valence-electron chi connectivity index (χ1n) is 7.84. The zero-order valence-corrected chi connectivity index (χ0v) is 13.8. The van der Waals surface area contributed by atoms with Crippen molar-refractivity contribution >= 4 is 5.91 Å². The van der Waals surface area contributed by atoms with E-state index in [1.54, 1.807) is 13.1 Å². The predicted octanol–water partition coefficient (Wildman–Crippen LogP) is 1.24. The molecule has 7 nitrogen and oxygen atoms in total. The summed E-state index contributed by atoms with van der Waals surface area (Å²) < 4.78 is 2.04. The molecule has 23 heavy (non-hydrogen) atoms. The van der Waals surface area contributed by atoms with E-state index in [1.807, 2.05) is 17.7 Å². The van der Waals surface area contributed by atoms with Crippen molar-refractivity contribution in [2.45, 2.75) is 53.1 Å². The highest BCUT2D eigenvalue weighted by Crippen LogP contribution is 2.09. The lowest BCUT2D eigenvalue weighted by Crippen LogP contribution is -2.25. The lowest BCUT2D eigenvalue weighted by molar-refractivity contribution is -0.121. The van der Waals surface area contributed by atoms with Gasteiger partial charge in [-0.15, -0.1) is 0 Å². The van der Waals surface area contributed by atoms with Gasteiger partial charge < -0.3 is 14.9 Å². The maximum absolute atomic E-state index is 12.0. The summed E-state index contributed by atoms with van der Waals surface area (Å²) in [5, 5.41) is 2.89. The van der Waals surface area contributed by atoms with Gasteiger partial charge in [-0.3, -0.25) is 4.79 Å². The summed E-state index contributed by atoms with van der Waals surface area (Å²) in [5.74, 6) is 0.819. The SMILES string of the molecule is CCCn1ccnc1CNC(=O)CCc1c(C)nc(=O)[nH]c1C. The lowest BCUT2D eigenvalue weighted by Gasteiger charge is -2.10. The summed E-state index contributed by atoms with van der Waals surface area (Å²) in [6, 6.07) is 0. The summed E-state index contributed by atoms with van der Waals surface area (Å²) in [6.45, 7) is 7.04. The third kappa shape index (κ3) is 4.51. The molecule has 1 amide bonds. The third-order valence-electron chi connectivity index (χ3n) is 3.77. The Morgan fingerprint density at radius 2 is 2.17 bits per heavy atom. The van der Waals surface area contributed by atoms with Crippen molar-refractivity contribution < 1.29 is 4.79 Å². The highest BCUT2D eigenvalue weighted by Gasteiger charge is 2.10. The van der Waals surface area contributed by atoms with Crippen molar-refractivity contribution in [1.82, 2.24) is 24.8 Å². The maximum atomic E-state index is 12.0. The van der Waals surface area contributed by atoms with Crippen LogP contribution in [0.4, 0.5) is 0 Å². The summed E-state index contributed by atoms with van der Waals surface area (Å²) >= 11 is 0. The average Bonchev–Trinajstić information content (AvgIpc) is 2.91. The molecule has 7 heteroatoms. The number of imidazole rings is 1. The highest BCUT2D eigenvalue weighted by atomic mass is 16.1. The molecule has 0 atom stereocenters. The van der Waals surface area contributed by atoms with Gasteiger partial charge in [0.25, 0.3) is 0 Å². The van der Waals surface area contributed by atoms with Crippen LogP contribution in [0.1, 0.15) is 42.5 Å². The van der Waals surface area contributed by atoms with Gasteiger partial charge in [-0.1, -0.05) is 6.92 Å². The zero-order chi connectivity index (χ0) is 16.8. The standard InChI is InChI=1S/C16H23N5O2/c1-4-8-21-9-7-17-14(21)10-18-15(22)6-5-13-11(2)19-16(23)20-12(13)3/h7,9H,4-6,8,10H2,1-3H3,(H,18,22)(H,19,20,23). The average molecular weight is 317 g/mol. The molecule has 0 saturated heterocycles. The second kappa shape index (κ2) is 7.71. The number of H-pyrrole nitrogens is 1. The van der Waals surface area contributed by atoms with Gasteiger partial charge in [0.05, 0.1) is 6.54 Å². The molecule has 0 aromatic carbocycles. The van der Waals surface area contributed by atoms with Crippen molar-refractivity contribution in [3.8, 4) is 0 Å². The number of hydrogen-bond donors (Lipinski definition) is 2. The number of aryl methyl sites for hydroxylation is 3. The van der Waals surface area contributed by atoms with Gasteiger partial charge in [0, 0.05) is 36.7 Å². The molecule has 0 aliphatic rings. The fourth-order valence-electron chi connectivity index (χ4n) is 2.58. The number of aromatic amines is 1. The van der Waals surface area contributed by atoms with Crippen LogP contribution in [-0.2, 0) is 24.3 Å². The second-order valence-electron chi connectivity index (χ2n) is 5.54. The molecule has 0 bridgehead atoms. The van der Waals surface area contributed by atoms with Gasteiger partial charge >= 0.3 is 5.69 Å². The van der Waals surface area contributed by atoms with Gasteiger partial charge in [-0.2, -0.15) is 4.98 Å². The molecule has 2 heterocycles. The molecule has 2 aromatic heterocycles. The molecule has 0 spiro atoms. The van der Waals surface area contributed by atoms with E-state index in [-0.39, 0.29) is 11.6 Å². The van der Waals surface area contributed by atoms with Crippen LogP contribution in [0.3, 0.4) is 0 Å². The lowest BCUT2D eigenvalue weighted by atomic mass is 10.1. The van der Waals surface area contributed by atoms with E-state index < -0.39 is 0 Å². The molecule has 0 aliphatic heterocycles. The third-order valence-corrected chi connectivity index (χ3v) is 3.77. The zero-order valence-electron chi connectivity index (χ0n) is 13.8. The van der Waals surface area contributed by atoms with Crippen molar-refractivity contribution in [2.75, 3.05) is 0 Å². The molecule has 124 valence electrons. The van der Waals surface area contributed by atoms with Crippen LogP contribution in [0.5, 0.6) is 0 Å². The van der Waals surface area contributed by atoms with Crippen LogP contribution in [0.25, 0.3) is 0 Å². The van der Waals surface area contributed by atoms with Gasteiger partial charge in [0.15, 0.2) is 0 Å². The van der Waals surface area contributed by atoms with Gasteiger partial charge in [-0.05, 0) is 32.3 Å². The largest absolute Gasteiger partial charge is 0.349 e. The van der Waals surface area contributed by atoms with Crippen LogP contribution in [0.15, 0.2) is 17.2 Å². The normalized spacial score (nSPS) is 10.7. The minimum absolute atomic E-state index is 0.0407. The minimum atomic E-state index is -0.351. The maximum Gasteiger partial charge on any atom is 0.345 e. The van der Waals surface area contributed by atoms with Gasteiger partial charge in [-0.25, -0.2) is 9.78 Å². The van der Waals surface area contributed by atoms with E-state index in [2.05, 4.69) is 27.2 Å². The fraction of sp³-hybridized carbons (Fsp3) is 0.500. The Morgan fingerprint density at radius 3 is 2.87 bits per heavy atom. The van der Waals surface area contributed by atoms with Crippen LogP contribution >= 0.6 is 0 Å². The molecule has 0 radical (unpaired) electrons.